The number of carbonyl (C=O) groups is 1. The molecule has 19 heavy (non-hydrogen) atoms. The second kappa shape index (κ2) is 5.89. The Balaban J connectivity index is 2.28. The van der Waals surface area contributed by atoms with Crippen molar-refractivity contribution in [3.8, 4) is 0 Å². The van der Waals surface area contributed by atoms with Crippen LogP contribution in [0.2, 0.25) is 0 Å². The van der Waals surface area contributed by atoms with Gasteiger partial charge in [0, 0.05) is 16.8 Å². The molecule has 2 rings (SSSR count). The molecule has 0 saturated carbocycles. The van der Waals surface area contributed by atoms with Crippen molar-refractivity contribution in [1.29, 1.82) is 0 Å². The van der Waals surface area contributed by atoms with Crippen LogP contribution in [-0.2, 0) is 0 Å². The first-order valence-electron chi connectivity index (χ1n) is 6.28. The Labute approximate surface area is 119 Å². The molecule has 0 aliphatic heterocycles. The second-order valence-corrected chi connectivity index (χ2v) is 4.92. The van der Waals surface area contributed by atoms with Gasteiger partial charge in [-0.2, -0.15) is 0 Å². The summed E-state index contributed by atoms with van der Waals surface area (Å²) in [6.07, 6.45) is 0. The maximum atomic E-state index is 12.5. The maximum absolute atomic E-state index is 12.5. The molecule has 0 amide bonds. The number of benzene rings is 2. The molecule has 0 fully saturated rings. The fourth-order valence-electron chi connectivity index (χ4n) is 2.10. The van der Waals surface area contributed by atoms with E-state index in [1.807, 2.05) is 62.4 Å². The third-order valence-electron chi connectivity index (χ3n) is 3.38. The largest absolute Gasteiger partial charge is 0.293 e. The highest BCUT2D eigenvalue weighted by Gasteiger charge is 2.18. The quantitative estimate of drug-likeness (QED) is 0.606. The van der Waals surface area contributed by atoms with Crippen LogP contribution >= 0.6 is 12.2 Å². The third-order valence-corrected chi connectivity index (χ3v) is 3.65. The van der Waals surface area contributed by atoms with E-state index in [1.54, 1.807) is 5.37 Å². The summed E-state index contributed by atoms with van der Waals surface area (Å²) >= 11 is 4.88. The lowest BCUT2D eigenvalue weighted by atomic mass is 9.90. The summed E-state index contributed by atoms with van der Waals surface area (Å²) in [5.74, 6) is 0.0217. The normalized spacial score (nSPS) is 11.9. The van der Waals surface area contributed by atoms with Gasteiger partial charge in [0.05, 0.1) is 0 Å². The fraction of sp³-hybridized carbons (Fsp3) is 0.176. The summed E-state index contributed by atoms with van der Waals surface area (Å²) in [6, 6.07) is 15.5. The summed E-state index contributed by atoms with van der Waals surface area (Å²) in [7, 11) is 0. The zero-order chi connectivity index (χ0) is 13.8. The molecule has 0 radical (unpaired) electrons. The van der Waals surface area contributed by atoms with Crippen LogP contribution in [0.5, 0.6) is 0 Å². The minimum absolute atomic E-state index is 0.139. The van der Waals surface area contributed by atoms with Crippen LogP contribution < -0.4 is 0 Å². The molecule has 0 aliphatic carbocycles. The lowest BCUT2D eigenvalue weighted by Crippen LogP contribution is -2.11. The molecule has 0 N–H and O–H groups in total. The molecule has 0 saturated heterocycles. The van der Waals surface area contributed by atoms with Crippen molar-refractivity contribution in [2.75, 3.05) is 0 Å². The first kappa shape index (κ1) is 13.6. The van der Waals surface area contributed by atoms with Gasteiger partial charge in [0.1, 0.15) is 0 Å². The van der Waals surface area contributed by atoms with Crippen LogP contribution in [0.25, 0.3) is 0 Å². The zero-order valence-corrected chi connectivity index (χ0v) is 11.9. The Bertz CT molecular complexity index is 599. The van der Waals surface area contributed by atoms with Gasteiger partial charge in [0.25, 0.3) is 0 Å². The maximum Gasteiger partial charge on any atom is 0.170 e. The molecule has 0 spiro atoms. The lowest BCUT2D eigenvalue weighted by molar-refractivity contribution is 0.0965. The molecule has 96 valence electrons. The van der Waals surface area contributed by atoms with Gasteiger partial charge in [-0.05, 0) is 23.6 Å². The van der Waals surface area contributed by atoms with Crippen molar-refractivity contribution in [3.63, 3.8) is 0 Å². The van der Waals surface area contributed by atoms with Gasteiger partial charge >= 0.3 is 0 Å². The molecule has 0 heterocycles. The number of Topliss-reactive ketones (excluding diaryl/α,β-unsaturated/α-hetero) is 1. The fourth-order valence-corrected chi connectivity index (χ4v) is 2.25. The molecule has 0 aliphatic rings. The first-order chi connectivity index (χ1) is 9.13. The second-order valence-electron chi connectivity index (χ2n) is 4.69. The minimum atomic E-state index is -0.139. The van der Waals surface area contributed by atoms with E-state index in [2.05, 4.69) is 0 Å². The van der Waals surface area contributed by atoms with Crippen molar-refractivity contribution in [3.05, 3.63) is 70.8 Å². The Morgan fingerprint density at radius 1 is 1.11 bits per heavy atom. The van der Waals surface area contributed by atoms with Crippen LogP contribution in [0.1, 0.15) is 39.9 Å². The summed E-state index contributed by atoms with van der Waals surface area (Å²) in [5.41, 5.74) is 3.84. The number of ketones is 1. The molecule has 2 aromatic rings. The number of rotatable bonds is 4. The predicted molar refractivity (Wildman–Crippen MR) is 83.1 cm³/mol. The molecule has 0 bridgehead atoms. The molecule has 2 heteroatoms. The van der Waals surface area contributed by atoms with Crippen LogP contribution in [0.15, 0.2) is 48.5 Å². The van der Waals surface area contributed by atoms with E-state index in [1.165, 1.54) is 0 Å². The summed E-state index contributed by atoms with van der Waals surface area (Å²) in [4.78, 5) is 12.5. The van der Waals surface area contributed by atoms with Gasteiger partial charge in [-0.1, -0.05) is 67.7 Å². The molecule has 1 unspecified atom stereocenters. The van der Waals surface area contributed by atoms with Gasteiger partial charge < -0.3 is 0 Å². The molecule has 1 atom stereocenters. The molecule has 2 aromatic carbocycles. The van der Waals surface area contributed by atoms with E-state index in [4.69, 9.17) is 12.2 Å². The highest BCUT2D eigenvalue weighted by atomic mass is 32.1. The van der Waals surface area contributed by atoms with Crippen LogP contribution in [0.3, 0.4) is 0 Å². The van der Waals surface area contributed by atoms with Crippen molar-refractivity contribution < 1.29 is 4.79 Å². The number of hydrogen-bond donors (Lipinski definition) is 0. The Hall–Kier alpha value is -1.80. The minimum Gasteiger partial charge on any atom is -0.293 e. The monoisotopic (exact) mass is 268 g/mol. The van der Waals surface area contributed by atoms with E-state index in [0.717, 1.165) is 22.3 Å². The molecular weight excluding hydrogens is 252 g/mol. The van der Waals surface area contributed by atoms with E-state index >= 15 is 0 Å². The van der Waals surface area contributed by atoms with E-state index in [-0.39, 0.29) is 11.7 Å². The van der Waals surface area contributed by atoms with Gasteiger partial charge in [-0.25, -0.2) is 0 Å². The van der Waals surface area contributed by atoms with Crippen molar-refractivity contribution in [2.45, 2.75) is 19.8 Å². The smallest absolute Gasteiger partial charge is 0.170 e. The topological polar surface area (TPSA) is 17.1 Å². The van der Waals surface area contributed by atoms with Gasteiger partial charge in [-0.15, -0.1) is 0 Å². The van der Waals surface area contributed by atoms with Crippen molar-refractivity contribution in [1.82, 2.24) is 0 Å². The van der Waals surface area contributed by atoms with Gasteiger partial charge in [0.15, 0.2) is 5.78 Å². The number of thiocarbonyl (C=S) groups is 1. The predicted octanol–water partition coefficient (Wildman–Crippen LogP) is 4.33. The highest BCUT2D eigenvalue weighted by molar-refractivity contribution is 7.79. The third kappa shape index (κ3) is 2.96. The average Bonchev–Trinajstić information content (AvgIpc) is 2.46. The molecule has 0 aromatic heterocycles. The number of hydrogen-bond acceptors (Lipinski definition) is 2. The summed E-state index contributed by atoms with van der Waals surface area (Å²) < 4.78 is 0. The number of aryl methyl sites for hydroxylation is 1. The van der Waals surface area contributed by atoms with Crippen LogP contribution in [0, 0.1) is 6.92 Å². The average molecular weight is 268 g/mol. The zero-order valence-electron chi connectivity index (χ0n) is 11.1. The van der Waals surface area contributed by atoms with E-state index in [9.17, 15) is 4.79 Å². The Morgan fingerprint density at radius 2 is 1.74 bits per heavy atom. The Kier molecular flexibility index (Phi) is 4.23. The summed E-state index contributed by atoms with van der Waals surface area (Å²) in [5, 5.41) is 1.64. The van der Waals surface area contributed by atoms with Crippen LogP contribution in [-0.4, -0.2) is 11.2 Å². The SMILES string of the molecule is Cc1ccccc1C(=O)C(C)c1ccc(C=S)cc1. The molecular formula is C17H16OS. The van der Waals surface area contributed by atoms with Gasteiger partial charge in [0.2, 0.25) is 0 Å². The van der Waals surface area contributed by atoms with Crippen molar-refractivity contribution in [2.24, 2.45) is 0 Å². The lowest BCUT2D eigenvalue weighted by Gasteiger charge is -2.13. The van der Waals surface area contributed by atoms with Gasteiger partial charge in [-0.3, -0.25) is 4.79 Å². The first-order valence-corrected chi connectivity index (χ1v) is 6.75. The van der Waals surface area contributed by atoms with E-state index < -0.39 is 0 Å². The Morgan fingerprint density at radius 3 is 2.32 bits per heavy atom. The van der Waals surface area contributed by atoms with E-state index in [0.29, 0.717) is 0 Å². The number of carbonyl (C=O) groups excluding carboxylic acids is 1. The standard InChI is InChI=1S/C17H16OS/c1-12-5-3-4-6-16(12)17(18)13(2)15-9-7-14(11-19)8-10-15/h3-11,13H,1-2H3. The van der Waals surface area contributed by atoms with Crippen molar-refractivity contribution >= 4 is 23.4 Å². The summed E-state index contributed by atoms with van der Waals surface area (Å²) in [6.45, 7) is 3.91. The highest BCUT2D eigenvalue weighted by Crippen LogP contribution is 2.22. The van der Waals surface area contributed by atoms with Crippen LogP contribution in [0.4, 0.5) is 0 Å². The molecule has 1 nitrogen and oxygen atoms in total.